The number of amides is 1. The van der Waals surface area contributed by atoms with Crippen LogP contribution < -0.4 is 5.32 Å². The summed E-state index contributed by atoms with van der Waals surface area (Å²) in [6.45, 7) is 4.20. The van der Waals surface area contributed by atoms with Crippen molar-refractivity contribution in [1.29, 1.82) is 0 Å². The number of nitrogens with one attached hydrogen (secondary N) is 1. The van der Waals surface area contributed by atoms with Crippen LogP contribution in [-0.2, 0) is 9.59 Å². The van der Waals surface area contributed by atoms with Crippen LogP contribution in [0.3, 0.4) is 0 Å². The van der Waals surface area contributed by atoms with Gasteiger partial charge in [0.05, 0.1) is 0 Å². The van der Waals surface area contributed by atoms with Gasteiger partial charge in [-0.05, 0) is 31.1 Å². The summed E-state index contributed by atoms with van der Waals surface area (Å²) in [5.74, 6) is -0.896. The maximum atomic E-state index is 12.3. The van der Waals surface area contributed by atoms with E-state index in [1.165, 1.54) is 0 Å². The van der Waals surface area contributed by atoms with Crippen molar-refractivity contribution in [2.24, 2.45) is 11.3 Å². The van der Waals surface area contributed by atoms with Gasteiger partial charge in [-0.3, -0.25) is 4.79 Å². The number of rotatable bonds is 4. The molecule has 0 aliphatic heterocycles. The molecule has 4 nitrogen and oxygen atoms in total. The fourth-order valence-electron chi connectivity index (χ4n) is 3.25. The lowest BCUT2D eigenvalue weighted by Crippen LogP contribution is -2.55. The lowest BCUT2D eigenvalue weighted by molar-refractivity contribution is -0.148. The predicted octanol–water partition coefficient (Wildman–Crippen LogP) is 2.72. The van der Waals surface area contributed by atoms with E-state index in [-0.39, 0.29) is 17.2 Å². The van der Waals surface area contributed by atoms with Crippen molar-refractivity contribution in [3.05, 3.63) is 0 Å². The number of hydrogen-bond acceptors (Lipinski definition) is 2. The van der Waals surface area contributed by atoms with E-state index in [9.17, 15) is 14.7 Å². The summed E-state index contributed by atoms with van der Waals surface area (Å²) in [5.41, 5.74) is -0.917. The standard InChI is InChI=1S/C15H25NO3/c1-3-14(2)10-11(14)12(17)16-15(13(18)19)8-6-4-5-7-9-15/h11H,3-10H2,1-2H3,(H,16,17)(H,18,19). The quantitative estimate of drug-likeness (QED) is 0.770. The molecule has 0 aromatic rings. The van der Waals surface area contributed by atoms with Crippen molar-refractivity contribution in [2.45, 2.75) is 70.8 Å². The zero-order chi connectivity index (χ0) is 14.1. The second-order valence-corrected chi connectivity index (χ2v) is 6.56. The molecule has 108 valence electrons. The normalized spacial score (nSPS) is 33.3. The van der Waals surface area contributed by atoms with Crippen LogP contribution in [-0.4, -0.2) is 22.5 Å². The first-order chi connectivity index (χ1) is 8.93. The van der Waals surface area contributed by atoms with Gasteiger partial charge in [-0.1, -0.05) is 39.5 Å². The highest BCUT2D eigenvalue weighted by atomic mass is 16.4. The molecule has 2 saturated carbocycles. The average Bonchev–Trinajstić information content (AvgIpc) is 3.10. The van der Waals surface area contributed by atoms with E-state index in [4.69, 9.17) is 0 Å². The van der Waals surface area contributed by atoms with Gasteiger partial charge in [0.15, 0.2) is 0 Å². The summed E-state index contributed by atoms with van der Waals surface area (Å²) in [6.07, 6.45) is 6.94. The van der Waals surface area contributed by atoms with Gasteiger partial charge in [-0.25, -0.2) is 4.79 Å². The Kier molecular flexibility index (Phi) is 3.88. The Morgan fingerprint density at radius 3 is 2.21 bits per heavy atom. The third kappa shape index (κ3) is 2.77. The molecule has 2 N–H and O–H groups in total. The summed E-state index contributed by atoms with van der Waals surface area (Å²) in [6, 6.07) is 0. The minimum Gasteiger partial charge on any atom is -0.480 e. The van der Waals surface area contributed by atoms with Crippen LogP contribution in [0.4, 0.5) is 0 Å². The second-order valence-electron chi connectivity index (χ2n) is 6.56. The number of carbonyl (C=O) groups excluding carboxylic acids is 1. The molecule has 0 saturated heterocycles. The van der Waals surface area contributed by atoms with E-state index in [2.05, 4.69) is 19.2 Å². The first kappa shape index (κ1) is 14.4. The molecule has 2 fully saturated rings. The first-order valence-electron chi connectivity index (χ1n) is 7.49. The molecule has 0 heterocycles. The Bertz CT molecular complexity index is 372. The monoisotopic (exact) mass is 267 g/mol. The van der Waals surface area contributed by atoms with Crippen molar-refractivity contribution in [3.63, 3.8) is 0 Å². The fourth-order valence-corrected chi connectivity index (χ4v) is 3.25. The Hall–Kier alpha value is -1.06. The molecule has 2 unspecified atom stereocenters. The van der Waals surface area contributed by atoms with E-state index in [0.717, 1.165) is 38.5 Å². The molecule has 2 atom stereocenters. The minimum atomic E-state index is -1.01. The summed E-state index contributed by atoms with van der Waals surface area (Å²) in [4.78, 5) is 23.9. The molecule has 19 heavy (non-hydrogen) atoms. The van der Waals surface area contributed by atoms with Gasteiger partial charge < -0.3 is 10.4 Å². The number of carboxylic acid groups (broad SMARTS) is 1. The van der Waals surface area contributed by atoms with Crippen molar-refractivity contribution in [1.82, 2.24) is 5.32 Å². The van der Waals surface area contributed by atoms with E-state index in [1.807, 2.05) is 0 Å². The second kappa shape index (κ2) is 5.14. The molecule has 2 aliphatic carbocycles. The highest BCUT2D eigenvalue weighted by molar-refractivity contribution is 5.89. The lowest BCUT2D eigenvalue weighted by Gasteiger charge is -2.29. The third-order valence-electron chi connectivity index (χ3n) is 5.20. The van der Waals surface area contributed by atoms with Gasteiger partial charge in [-0.2, -0.15) is 0 Å². The molecule has 2 rings (SSSR count). The molecular weight excluding hydrogens is 242 g/mol. The number of hydrogen-bond donors (Lipinski definition) is 2. The highest BCUT2D eigenvalue weighted by Crippen LogP contribution is 2.55. The summed E-state index contributed by atoms with van der Waals surface area (Å²) >= 11 is 0. The van der Waals surface area contributed by atoms with Gasteiger partial charge in [0.2, 0.25) is 5.91 Å². The molecule has 2 aliphatic rings. The molecule has 0 spiro atoms. The molecular formula is C15H25NO3. The number of carboxylic acids is 1. The van der Waals surface area contributed by atoms with Gasteiger partial charge in [-0.15, -0.1) is 0 Å². The van der Waals surface area contributed by atoms with Gasteiger partial charge >= 0.3 is 5.97 Å². The van der Waals surface area contributed by atoms with Crippen molar-refractivity contribution in [3.8, 4) is 0 Å². The summed E-state index contributed by atoms with van der Waals surface area (Å²) in [7, 11) is 0. The molecule has 0 bridgehead atoms. The van der Waals surface area contributed by atoms with Gasteiger partial charge in [0.25, 0.3) is 0 Å². The van der Waals surface area contributed by atoms with E-state index in [1.54, 1.807) is 0 Å². The first-order valence-corrected chi connectivity index (χ1v) is 7.49. The van der Waals surface area contributed by atoms with Crippen LogP contribution in [0.15, 0.2) is 0 Å². The molecule has 0 aromatic carbocycles. The van der Waals surface area contributed by atoms with Crippen LogP contribution >= 0.6 is 0 Å². The van der Waals surface area contributed by atoms with Crippen molar-refractivity contribution in [2.75, 3.05) is 0 Å². The number of aliphatic carboxylic acids is 1. The molecule has 1 amide bonds. The molecule has 4 heteroatoms. The van der Waals surface area contributed by atoms with Crippen LogP contribution in [0.5, 0.6) is 0 Å². The van der Waals surface area contributed by atoms with Crippen molar-refractivity contribution >= 4 is 11.9 Å². The van der Waals surface area contributed by atoms with Crippen molar-refractivity contribution < 1.29 is 14.7 Å². The number of carbonyl (C=O) groups is 2. The largest absolute Gasteiger partial charge is 0.480 e. The topological polar surface area (TPSA) is 66.4 Å². The average molecular weight is 267 g/mol. The van der Waals surface area contributed by atoms with Crippen LogP contribution in [0.25, 0.3) is 0 Å². The Labute approximate surface area is 115 Å². The van der Waals surface area contributed by atoms with E-state index in [0.29, 0.717) is 12.8 Å². The smallest absolute Gasteiger partial charge is 0.329 e. The Morgan fingerprint density at radius 1 is 1.21 bits per heavy atom. The summed E-state index contributed by atoms with van der Waals surface area (Å²) in [5, 5.41) is 12.4. The Balaban J connectivity index is 2.05. The Morgan fingerprint density at radius 2 is 1.79 bits per heavy atom. The van der Waals surface area contributed by atoms with Gasteiger partial charge in [0.1, 0.15) is 5.54 Å². The van der Waals surface area contributed by atoms with Crippen LogP contribution in [0, 0.1) is 11.3 Å². The van der Waals surface area contributed by atoms with Crippen LogP contribution in [0.1, 0.15) is 65.2 Å². The zero-order valence-corrected chi connectivity index (χ0v) is 12.0. The highest BCUT2D eigenvalue weighted by Gasteiger charge is 2.54. The summed E-state index contributed by atoms with van der Waals surface area (Å²) < 4.78 is 0. The minimum absolute atomic E-state index is 0.0111. The maximum absolute atomic E-state index is 12.3. The van der Waals surface area contributed by atoms with Gasteiger partial charge in [0, 0.05) is 5.92 Å². The zero-order valence-electron chi connectivity index (χ0n) is 12.0. The van der Waals surface area contributed by atoms with Crippen LogP contribution in [0.2, 0.25) is 0 Å². The van der Waals surface area contributed by atoms with E-state index >= 15 is 0 Å². The predicted molar refractivity (Wildman–Crippen MR) is 72.7 cm³/mol. The molecule has 0 aromatic heterocycles. The maximum Gasteiger partial charge on any atom is 0.329 e. The van der Waals surface area contributed by atoms with E-state index < -0.39 is 11.5 Å². The third-order valence-corrected chi connectivity index (χ3v) is 5.20. The fraction of sp³-hybridized carbons (Fsp3) is 0.867. The molecule has 0 radical (unpaired) electrons. The SMILES string of the molecule is CCC1(C)CC1C(=O)NC1(C(=O)O)CCCCCC1. The lowest BCUT2D eigenvalue weighted by atomic mass is 9.89.